The molecule has 0 atom stereocenters. The molecule has 30 heavy (non-hydrogen) atoms. The number of aromatic nitrogens is 3. The first-order valence-corrected chi connectivity index (χ1v) is 10.4. The predicted octanol–water partition coefficient (Wildman–Crippen LogP) is 4.72. The Morgan fingerprint density at radius 2 is 1.90 bits per heavy atom. The number of nitrogens with one attached hydrogen (secondary N) is 1. The van der Waals surface area contributed by atoms with Gasteiger partial charge >= 0.3 is 0 Å². The zero-order valence-corrected chi connectivity index (χ0v) is 16.7. The van der Waals surface area contributed by atoms with Gasteiger partial charge in [0.1, 0.15) is 5.82 Å². The van der Waals surface area contributed by atoms with E-state index >= 15 is 0 Å². The summed E-state index contributed by atoms with van der Waals surface area (Å²) >= 11 is 1.47. The van der Waals surface area contributed by atoms with Gasteiger partial charge in [0, 0.05) is 29.5 Å². The van der Waals surface area contributed by atoms with E-state index in [-0.39, 0.29) is 11.7 Å². The normalized spacial score (nSPS) is 11.2. The smallest absolute Gasteiger partial charge is 0.251 e. The number of hydrogen-bond acceptors (Lipinski definition) is 4. The third-order valence-electron chi connectivity index (χ3n) is 4.93. The van der Waals surface area contributed by atoms with Gasteiger partial charge in [-0.1, -0.05) is 48.5 Å². The maximum atomic E-state index is 13.5. The molecule has 0 bridgehead atoms. The molecule has 1 N–H and O–H groups in total. The Bertz CT molecular complexity index is 1370. The molecule has 5 rings (SSSR count). The standard InChI is InChI=1S/C23H17FN4OS/c24-17-8-3-7-16(13-17)21-26-23-28(27-21)18(14-30-23)11-12-25-22(29)20-10-4-6-15-5-1-2-9-19(15)20/h1-10,13-14H,11-12H2,(H,25,29). The lowest BCUT2D eigenvalue weighted by Gasteiger charge is -2.07. The maximum absolute atomic E-state index is 13.5. The topological polar surface area (TPSA) is 59.3 Å². The van der Waals surface area contributed by atoms with E-state index in [1.54, 1.807) is 16.6 Å². The van der Waals surface area contributed by atoms with Gasteiger partial charge in [-0.25, -0.2) is 8.91 Å². The lowest BCUT2D eigenvalue weighted by Crippen LogP contribution is -2.26. The molecule has 3 aromatic carbocycles. The van der Waals surface area contributed by atoms with Gasteiger partial charge in [-0.2, -0.15) is 4.98 Å². The monoisotopic (exact) mass is 416 g/mol. The minimum absolute atomic E-state index is 0.0997. The van der Waals surface area contributed by atoms with Crippen LogP contribution in [-0.4, -0.2) is 27.0 Å². The second kappa shape index (κ2) is 7.68. The van der Waals surface area contributed by atoms with Crippen molar-refractivity contribution in [3.05, 3.63) is 89.2 Å². The summed E-state index contributed by atoms with van der Waals surface area (Å²) in [6.45, 7) is 0.475. The van der Waals surface area contributed by atoms with E-state index in [1.807, 2.05) is 47.8 Å². The van der Waals surface area contributed by atoms with Crippen molar-refractivity contribution in [2.45, 2.75) is 6.42 Å². The van der Waals surface area contributed by atoms with Crippen LogP contribution in [0.2, 0.25) is 0 Å². The number of nitrogens with zero attached hydrogens (tertiary/aromatic N) is 3. The van der Waals surface area contributed by atoms with Gasteiger partial charge in [0.25, 0.3) is 5.91 Å². The maximum Gasteiger partial charge on any atom is 0.251 e. The highest BCUT2D eigenvalue weighted by Gasteiger charge is 2.13. The van der Waals surface area contributed by atoms with Gasteiger partial charge in [0.05, 0.1) is 5.69 Å². The van der Waals surface area contributed by atoms with E-state index in [1.165, 1.54) is 23.5 Å². The zero-order valence-electron chi connectivity index (χ0n) is 15.9. The van der Waals surface area contributed by atoms with Crippen molar-refractivity contribution in [2.75, 3.05) is 6.54 Å². The van der Waals surface area contributed by atoms with Crippen LogP contribution in [0, 0.1) is 5.82 Å². The lowest BCUT2D eigenvalue weighted by molar-refractivity contribution is 0.0955. The van der Waals surface area contributed by atoms with E-state index in [0.29, 0.717) is 29.9 Å². The molecule has 0 radical (unpaired) electrons. The second-order valence-electron chi connectivity index (χ2n) is 6.90. The van der Waals surface area contributed by atoms with E-state index in [0.717, 1.165) is 21.4 Å². The molecular weight excluding hydrogens is 399 g/mol. The minimum Gasteiger partial charge on any atom is -0.352 e. The summed E-state index contributed by atoms with van der Waals surface area (Å²) in [6, 6.07) is 19.8. The third-order valence-corrected chi connectivity index (χ3v) is 5.80. The van der Waals surface area contributed by atoms with Gasteiger partial charge in [-0.3, -0.25) is 4.79 Å². The molecule has 0 aliphatic rings. The average Bonchev–Trinajstić information content (AvgIpc) is 3.35. The molecule has 1 amide bonds. The molecule has 0 aliphatic heterocycles. The molecule has 0 unspecified atom stereocenters. The summed E-state index contributed by atoms with van der Waals surface area (Å²) in [4.78, 5) is 17.9. The fourth-order valence-corrected chi connectivity index (χ4v) is 4.33. The quantitative estimate of drug-likeness (QED) is 0.451. The van der Waals surface area contributed by atoms with Gasteiger partial charge in [0.2, 0.25) is 4.96 Å². The van der Waals surface area contributed by atoms with Crippen molar-refractivity contribution in [3.8, 4) is 11.4 Å². The first-order chi connectivity index (χ1) is 14.7. The first kappa shape index (κ1) is 18.4. The van der Waals surface area contributed by atoms with Crippen LogP contribution in [0.4, 0.5) is 4.39 Å². The second-order valence-corrected chi connectivity index (χ2v) is 7.74. The fraction of sp³-hybridized carbons (Fsp3) is 0.0870. The van der Waals surface area contributed by atoms with E-state index in [4.69, 9.17) is 0 Å². The Labute approximate surface area is 175 Å². The lowest BCUT2D eigenvalue weighted by atomic mass is 10.0. The zero-order chi connectivity index (χ0) is 20.5. The number of carbonyl (C=O) groups is 1. The SMILES string of the molecule is O=C(NCCc1csc2nc(-c3cccc(F)c3)nn12)c1cccc2ccccc12. The number of hydrogen-bond donors (Lipinski definition) is 1. The summed E-state index contributed by atoms with van der Waals surface area (Å²) in [6.07, 6.45) is 0.614. The first-order valence-electron chi connectivity index (χ1n) is 9.54. The van der Waals surface area contributed by atoms with Gasteiger partial charge in [-0.15, -0.1) is 16.4 Å². The highest BCUT2D eigenvalue weighted by atomic mass is 32.1. The molecule has 0 fully saturated rings. The van der Waals surface area contributed by atoms with E-state index < -0.39 is 0 Å². The highest BCUT2D eigenvalue weighted by molar-refractivity contribution is 7.15. The molecule has 0 aliphatic carbocycles. The largest absolute Gasteiger partial charge is 0.352 e. The molecule has 7 heteroatoms. The van der Waals surface area contributed by atoms with Crippen molar-refractivity contribution in [1.82, 2.24) is 19.9 Å². The fourth-order valence-electron chi connectivity index (χ4n) is 3.47. The number of amides is 1. The predicted molar refractivity (Wildman–Crippen MR) is 116 cm³/mol. The molecule has 5 nitrogen and oxygen atoms in total. The molecule has 0 saturated heterocycles. The van der Waals surface area contributed by atoms with Gasteiger partial charge in [-0.05, 0) is 29.0 Å². The summed E-state index contributed by atoms with van der Waals surface area (Å²) < 4.78 is 15.3. The molecule has 2 heterocycles. The molecule has 148 valence electrons. The third kappa shape index (κ3) is 3.44. The molecule has 2 aromatic heterocycles. The Kier molecular flexibility index (Phi) is 4.72. The average molecular weight is 416 g/mol. The summed E-state index contributed by atoms with van der Waals surface area (Å²) in [7, 11) is 0. The van der Waals surface area contributed by atoms with Crippen molar-refractivity contribution in [1.29, 1.82) is 0 Å². The minimum atomic E-state index is -0.318. The van der Waals surface area contributed by atoms with Crippen molar-refractivity contribution in [3.63, 3.8) is 0 Å². The van der Waals surface area contributed by atoms with Crippen LogP contribution in [0.25, 0.3) is 27.1 Å². The van der Waals surface area contributed by atoms with E-state index in [2.05, 4.69) is 15.4 Å². The summed E-state index contributed by atoms with van der Waals surface area (Å²) in [5.41, 5.74) is 2.25. The van der Waals surface area contributed by atoms with Gasteiger partial charge in [0.15, 0.2) is 5.82 Å². The molecule has 5 aromatic rings. The Morgan fingerprint density at radius 1 is 1.07 bits per heavy atom. The number of fused-ring (bicyclic) bond motifs is 2. The van der Waals surface area contributed by atoms with Crippen LogP contribution in [0.15, 0.2) is 72.1 Å². The Balaban J connectivity index is 1.31. The van der Waals surface area contributed by atoms with Crippen molar-refractivity contribution in [2.24, 2.45) is 0 Å². The number of rotatable bonds is 5. The Hall–Kier alpha value is -3.58. The number of halogens is 1. The number of benzene rings is 3. The van der Waals surface area contributed by atoms with Crippen LogP contribution in [0.5, 0.6) is 0 Å². The van der Waals surface area contributed by atoms with Crippen LogP contribution < -0.4 is 5.32 Å². The van der Waals surface area contributed by atoms with Gasteiger partial charge < -0.3 is 5.32 Å². The van der Waals surface area contributed by atoms with Crippen molar-refractivity contribution < 1.29 is 9.18 Å². The molecular formula is C23H17FN4OS. The van der Waals surface area contributed by atoms with Crippen LogP contribution >= 0.6 is 11.3 Å². The molecule has 0 saturated carbocycles. The summed E-state index contributed by atoms with van der Waals surface area (Å²) in [5, 5.41) is 11.5. The van der Waals surface area contributed by atoms with Crippen LogP contribution in [-0.2, 0) is 6.42 Å². The Morgan fingerprint density at radius 3 is 2.80 bits per heavy atom. The van der Waals surface area contributed by atoms with Crippen LogP contribution in [0.3, 0.4) is 0 Å². The highest BCUT2D eigenvalue weighted by Crippen LogP contribution is 2.22. The van der Waals surface area contributed by atoms with Crippen LogP contribution in [0.1, 0.15) is 16.1 Å². The summed E-state index contributed by atoms with van der Waals surface area (Å²) in [5.74, 6) is 0.0710. The number of carbonyl (C=O) groups excluding carboxylic acids is 1. The van der Waals surface area contributed by atoms with E-state index in [9.17, 15) is 9.18 Å². The van der Waals surface area contributed by atoms with Crippen molar-refractivity contribution >= 4 is 33.0 Å². The number of thiazole rings is 1. The molecule has 0 spiro atoms.